The van der Waals surface area contributed by atoms with E-state index in [1.54, 1.807) is 7.11 Å². The highest BCUT2D eigenvalue weighted by atomic mass is 16.5. The van der Waals surface area contributed by atoms with E-state index in [9.17, 15) is 4.79 Å². The van der Waals surface area contributed by atoms with Gasteiger partial charge in [0.25, 0.3) is 5.91 Å². The van der Waals surface area contributed by atoms with Gasteiger partial charge >= 0.3 is 0 Å². The van der Waals surface area contributed by atoms with Crippen molar-refractivity contribution in [3.63, 3.8) is 0 Å². The van der Waals surface area contributed by atoms with Crippen molar-refractivity contribution in [1.82, 2.24) is 20.8 Å². The predicted octanol–water partition coefficient (Wildman–Crippen LogP) is 1.71. The van der Waals surface area contributed by atoms with Gasteiger partial charge in [-0.05, 0) is 12.8 Å². The molecule has 2 aliphatic rings. The Morgan fingerprint density at radius 2 is 2.00 bits per heavy atom. The Kier molecular flexibility index (Phi) is 3.89. The summed E-state index contributed by atoms with van der Waals surface area (Å²) >= 11 is 0. The second-order valence-corrected chi connectivity index (χ2v) is 6.57. The number of amides is 1. The quantitative estimate of drug-likeness (QED) is 0.729. The largest absolute Gasteiger partial charge is 0.480 e. The number of primary amides is 1. The lowest BCUT2D eigenvalue weighted by Crippen LogP contribution is -2.33. The lowest BCUT2D eigenvalue weighted by Gasteiger charge is -2.29. The van der Waals surface area contributed by atoms with Gasteiger partial charge in [0.05, 0.1) is 7.11 Å². The number of methoxy groups -OCH3 is 1. The van der Waals surface area contributed by atoms with Crippen LogP contribution in [-0.4, -0.2) is 28.6 Å². The number of rotatable bonds is 4. The zero-order valence-corrected chi connectivity index (χ0v) is 14.1. The van der Waals surface area contributed by atoms with Crippen LogP contribution in [0.3, 0.4) is 0 Å². The van der Waals surface area contributed by atoms with Crippen molar-refractivity contribution >= 4 is 5.91 Å². The summed E-state index contributed by atoms with van der Waals surface area (Å²) < 4.78 is 5.54. The maximum Gasteiger partial charge on any atom is 0.269 e. The first kappa shape index (κ1) is 16.0. The number of nitrogens with one attached hydrogen (secondary N) is 2. The maximum atomic E-state index is 12.1. The Bertz CT molecular complexity index is 805. The van der Waals surface area contributed by atoms with Gasteiger partial charge in [-0.15, -0.1) is 0 Å². The molecule has 4 rings (SSSR count). The summed E-state index contributed by atoms with van der Waals surface area (Å²) in [6, 6.07) is 9.43. The molecule has 1 aromatic heterocycles. The van der Waals surface area contributed by atoms with Gasteiger partial charge in [0.1, 0.15) is 17.1 Å². The molecule has 2 fully saturated rings. The van der Waals surface area contributed by atoms with E-state index in [1.165, 1.54) is 0 Å². The molecule has 1 unspecified atom stereocenters. The van der Waals surface area contributed by atoms with Crippen molar-refractivity contribution < 1.29 is 9.53 Å². The number of benzene rings is 1. The highest BCUT2D eigenvalue weighted by molar-refractivity contribution is 5.97. The van der Waals surface area contributed by atoms with Gasteiger partial charge in [0.15, 0.2) is 5.69 Å². The number of hydrazine groups is 1. The van der Waals surface area contributed by atoms with Crippen LogP contribution in [0.15, 0.2) is 30.3 Å². The molecule has 0 radical (unpaired) electrons. The molecule has 7 heteroatoms. The Balaban J connectivity index is 1.86. The summed E-state index contributed by atoms with van der Waals surface area (Å²) in [5, 5.41) is 0. The fourth-order valence-corrected chi connectivity index (χ4v) is 3.70. The zero-order valence-electron chi connectivity index (χ0n) is 14.1. The average Bonchev–Trinajstić information content (AvgIpc) is 3.41. The molecular weight excluding hydrogens is 318 g/mol. The molecule has 0 bridgehead atoms. The van der Waals surface area contributed by atoms with Crippen molar-refractivity contribution in [2.24, 2.45) is 5.73 Å². The van der Waals surface area contributed by atoms with Crippen LogP contribution in [-0.2, 0) is 0 Å². The topological polar surface area (TPSA) is 122 Å². The van der Waals surface area contributed by atoms with Crippen molar-refractivity contribution in [2.45, 2.75) is 37.3 Å². The molecule has 130 valence electrons. The first-order chi connectivity index (χ1) is 12.1. The molecule has 1 aliphatic carbocycles. The molecule has 1 aliphatic heterocycles. The van der Waals surface area contributed by atoms with Gasteiger partial charge in [-0.1, -0.05) is 43.2 Å². The standard InChI is InChI=1S/C18H21N5O2/c1-25-17-14(12-9-5-6-10-18(12)22-23-18)20-15(16(19)24)13(21-17)11-7-3-2-4-8-11/h2-4,7-8,12,22-23H,5-6,9-10H2,1H3,(H2,19,24). The third kappa shape index (κ3) is 2.75. The number of carbonyl (C=O) groups is 1. The highest BCUT2D eigenvalue weighted by Gasteiger charge is 2.52. The first-order valence-electron chi connectivity index (χ1n) is 8.50. The second-order valence-electron chi connectivity index (χ2n) is 6.57. The van der Waals surface area contributed by atoms with E-state index in [1.807, 2.05) is 30.3 Å². The summed E-state index contributed by atoms with van der Waals surface area (Å²) in [6.45, 7) is 0. The van der Waals surface area contributed by atoms with E-state index in [2.05, 4.69) is 20.8 Å². The van der Waals surface area contributed by atoms with E-state index >= 15 is 0 Å². The van der Waals surface area contributed by atoms with Gasteiger partial charge in [0, 0.05) is 11.5 Å². The Morgan fingerprint density at radius 3 is 2.64 bits per heavy atom. The summed E-state index contributed by atoms with van der Waals surface area (Å²) in [5.41, 5.74) is 14.1. The Morgan fingerprint density at radius 1 is 1.24 bits per heavy atom. The molecule has 1 atom stereocenters. The molecule has 1 saturated heterocycles. The lowest BCUT2D eigenvalue weighted by molar-refractivity contribution is 0.0995. The van der Waals surface area contributed by atoms with Crippen molar-refractivity contribution in [3.05, 3.63) is 41.7 Å². The molecule has 1 aromatic carbocycles. The zero-order chi connectivity index (χ0) is 17.4. The molecule has 4 N–H and O–H groups in total. The smallest absolute Gasteiger partial charge is 0.269 e. The molecule has 1 saturated carbocycles. The number of ether oxygens (including phenoxy) is 1. The third-order valence-electron chi connectivity index (χ3n) is 5.05. The van der Waals surface area contributed by atoms with Crippen LogP contribution >= 0.6 is 0 Å². The van der Waals surface area contributed by atoms with E-state index in [0.29, 0.717) is 17.3 Å². The summed E-state index contributed by atoms with van der Waals surface area (Å²) in [5.74, 6) is -0.0471. The molecular formula is C18H21N5O2. The molecule has 25 heavy (non-hydrogen) atoms. The molecule has 1 spiro atoms. The maximum absolute atomic E-state index is 12.1. The summed E-state index contributed by atoms with van der Waals surface area (Å²) in [4.78, 5) is 21.3. The number of nitrogens with zero attached hydrogens (tertiary/aromatic N) is 2. The Labute approximate surface area is 146 Å². The van der Waals surface area contributed by atoms with Crippen molar-refractivity contribution in [2.75, 3.05) is 7.11 Å². The van der Waals surface area contributed by atoms with E-state index in [0.717, 1.165) is 31.2 Å². The van der Waals surface area contributed by atoms with Gasteiger partial charge in [-0.3, -0.25) is 4.79 Å². The average molecular weight is 339 g/mol. The van der Waals surface area contributed by atoms with Crippen LogP contribution in [0.5, 0.6) is 5.88 Å². The number of hydrogen-bond donors (Lipinski definition) is 3. The minimum Gasteiger partial charge on any atom is -0.480 e. The highest BCUT2D eigenvalue weighted by Crippen LogP contribution is 2.45. The van der Waals surface area contributed by atoms with Gasteiger partial charge in [0.2, 0.25) is 5.88 Å². The SMILES string of the molecule is COc1nc(-c2ccccc2)c(C(N)=O)nc1C1CCCCC12NN2. The number of hydrogen-bond acceptors (Lipinski definition) is 6. The molecule has 2 aromatic rings. The van der Waals surface area contributed by atoms with Crippen molar-refractivity contribution in [3.8, 4) is 17.1 Å². The number of aromatic nitrogens is 2. The van der Waals surface area contributed by atoms with Crippen LogP contribution in [0.1, 0.15) is 47.8 Å². The summed E-state index contributed by atoms with van der Waals surface area (Å²) in [6.07, 6.45) is 4.22. The summed E-state index contributed by atoms with van der Waals surface area (Å²) in [7, 11) is 1.58. The second kappa shape index (κ2) is 6.09. The van der Waals surface area contributed by atoms with Gasteiger partial charge in [-0.25, -0.2) is 20.8 Å². The fourth-order valence-electron chi connectivity index (χ4n) is 3.70. The predicted molar refractivity (Wildman–Crippen MR) is 92.7 cm³/mol. The first-order valence-corrected chi connectivity index (χ1v) is 8.50. The van der Waals surface area contributed by atoms with Crippen LogP contribution < -0.4 is 21.3 Å². The van der Waals surface area contributed by atoms with E-state index < -0.39 is 5.91 Å². The fraction of sp³-hybridized carbons (Fsp3) is 0.389. The third-order valence-corrected chi connectivity index (χ3v) is 5.05. The normalized spacial score (nSPS) is 21.1. The van der Waals surface area contributed by atoms with Crippen LogP contribution in [0, 0.1) is 0 Å². The van der Waals surface area contributed by atoms with Gasteiger partial charge < -0.3 is 10.5 Å². The van der Waals surface area contributed by atoms with Crippen molar-refractivity contribution in [1.29, 1.82) is 0 Å². The number of nitrogens with two attached hydrogens (primary N) is 1. The number of carbonyl (C=O) groups excluding carboxylic acids is 1. The van der Waals surface area contributed by atoms with Crippen LogP contribution in [0.2, 0.25) is 0 Å². The van der Waals surface area contributed by atoms with Crippen LogP contribution in [0.4, 0.5) is 0 Å². The van der Waals surface area contributed by atoms with E-state index in [-0.39, 0.29) is 17.3 Å². The Hall–Kier alpha value is -2.51. The lowest BCUT2D eigenvalue weighted by atomic mass is 9.80. The van der Waals surface area contributed by atoms with E-state index in [4.69, 9.17) is 10.5 Å². The molecule has 1 amide bonds. The minimum atomic E-state index is -0.586. The monoisotopic (exact) mass is 339 g/mol. The minimum absolute atomic E-state index is 0.0895. The molecule has 7 nitrogen and oxygen atoms in total. The van der Waals surface area contributed by atoms with Crippen LogP contribution in [0.25, 0.3) is 11.3 Å². The van der Waals surface area contributed by atoms with Gasteiger partial charge in [-0.2, -0.15) is 0 Å². The molecule has 2 heterocycles.